The monoisotopic (exact) mass is 298 g/mol. The lowest BCUT2D eigenvalue weighted by molar-refractivity contribution is 0.0776. The lowest BCUT2D eigenvalue weighted by Crippen LogP contribution is -2.30. The van der Waals surface area contributed by atoms with Gasteiger partial charge in [-0.1, -0.05) is 6.92 Å². The molecule has 1 heterocycles. The highest BCUT2D eigenvalue weighted by molar-refractivity contribution is 9.10. The lowest BCUT2D eigenvalue weighted by Gasteiger charge is -2.17. The average molecular weight is 299 g/mol. The topological polar surface area (TPSA) is 25.2 Å². The minimum atomic E-state index is 0.122. The molecule has 2 rings (SSSR count). The van der Waals surface area contributed by atoms with E-state index in [1.807, 2.05) is 35.7 Å². The second-order valence-corrected chi connectivity index (χ2v) is 5.90. The number of halogens is 1. The third kappa shape index (κ3) is 2.73. The predicted molar refractivity (Wildman–Crippen MR) is 72.0 cm³/mol. The van der Waals surface area contributed by atoms with Crippen LogP contribution in [0.4, 0.5) is 0 Å². The Labute approximate surface area is 111 Å². The van der Waals surface area contributed by atoms with E-state index in [1.165, 1.54) is 6.42 Å². The van der Waals surface area contributed by atoms with Crippen LogP contribution in [0, 0.1) is 11.8 Å². The van der Waals surface area contributed by atoms with Crippen LogP contribution in [0.2, 0.25) is 0 Å². The summed E-state index contributed by atoms with van der Waals surface area (Å²) < 4.78 is 2.95. The van der Waals surface area contributed by atoms with Gasteiger partial charge in [-0.25, -0.2) is 0 Å². The zero-order valence-corrected chi connectivity index (χ0v) is 12.2. The maximum absolute atomic E-state index is 12.3. The van der Waals surface area contributed by atoms with Crippen molar-refractivity contribution in [2.45, 2.75) is 26.8 Å². The fourth-order valence-corrected chi connectivity index (χ4v) is 2.66. The van der Waals surface area contributed by atoms with Crippen LogP contribution in [-0.2, 0) is 6.54 Å². The number of rotatable bonds is 4. The summed E-state index contributed by atoms with van der Waals surface area (Å²) in [5, 5.41) is 0. The van der Waals surface area contributed by atoms with Crippen molar-refractivity contribution in [3.05, 3.63) is 22.4 Å². The molecule has 0 radical (unpaired) electrons. The maximum Gasteiger partial charge on any atom is 0.270 e. The summed E-state index contributed by atoms with van der Waals surface area (Å²) in [6.45, 7) is 5.99. The van der Waals surface area contributed by atoms with Gasteiger partial charge >= 0.3 is 0 Å². The van der Waals surface area contributed by atoms with Gasteiger partial charge in [-0.05, 0) is 47.2 Å². The first-order valence-corrected chi connectivity index (χ1v) is 6.93. The molecule has 2 unspecified atom stereocenters. The molecule has 4 heteroatoms. The number of carbonyl (C=O) groups is 1. The zero-order valence-electron chi connectivity index (χ0n) is 10.6. The van der Waals surface area contributed by atoms with Gasteiger partial charge in [0.2, 0.25) is 0 Å². The standard InChI is InChI=1S/C13H19BrN2O/c1-4-16-8-11(14)6-12(16)13(17)15(3)7-10-5-9(10)2/h6,8-10H,4-5,7H2,1-3H3. The summed E-state index contributed by atoms with van der Waals surface area (Å²) in [4.78, 5) is 14.1. The molecule has 0 bridgehead atoms. The van der Waals surface area contributed by atoms with Gasteiger partial charge in [0.1, 0.15) is 5.69 Å². The van der Waals surface area contributed by atoms with Crippen molar-refractivity contribution >= 4 is 21.8 Å². The Morgan fingerprint density at radius 2 is 2.29 bits per heavy atom. The minimum absolute atomic E-state index is 0.122. The lowest BCUT2D eigenvalue weighted by atomic mass is 10.3. The van der Waals surface area contributed by atoms with Crippen LogP contribution in [-0.4, -0.2) is 29.0 Å². The van der Waals surface area contributed by atoms with Crippen molar-refractivity contribution in [2.75, 3.05) is 13.6 Å². The molecule has 94 valence electrons. The Kier molecular flexibility index (Phi) is 3.61. The van der Waals surface area contributed by atoms with E-state index >= 15 is 0 Å². The van der Waals surface area contributed by atoms with Gasteiger partial charge in [-0.3, -0.25) is 4.79 Å². The minimum Gasteiger partial charge on any atom is -0.343 e. The summed E-state index contributed by atoms with van der Waals surface area (Å²) in [6.07, 6.45) is 3.22. The fourth-order valence-electron chi connectivity index (χ4n) is 2.20. The Bertz CT molecular complexity index is 427. The van der Waals surface area contributed by atoms with Crippen LogP contribution >= 0.6 is 15.9 Å². The van der Waals surface area contributed by atoms with E-state index < -0.39 is 0 Å². The molecule has 1 aliphatic rings. The van der Waals surface area contributed by atoms with Crippen LogP contribution in [0.25, 0.3) is 0 Å². The van der Waals surface area contributed by atoms with Gasteiger partial charge in [-0.2, -0.15) is 0 Å². The van der Waals surface area contributed by atoms with E-state index in [1.54, 1.807) is 0 Å². The SMILES string of the molecule is CCn1cc(Br)cc1C(=O)N(C)CC1CC1C. The van der Waals surface area contributed by atoms with Gasteiger partial charge in [-0.15, -0.1) is 0 Å². The van der Waals surface area contributed by atoms with Crippen LogP contribution < -0.4 is 0 Å². The van der Waals surface area contributed by atoms with Crippen molar-refractivity contribution in [3.8, 4) is 0 Å². The molecule has 1 saturated carbocycles. The van der Waals surface area contributed by atoms with Gasteiger partial charge in [0.05, 0.1) is 0 Å². The Hall–Kier alpha value is -0.770. The highest BCUT2D eigenvalue weighted by Gasteiger charge is 2.34. The van der Waals surface area contributed by atoms with Crippen molar-refractivity contribution < 1.29 is 4.79 Å². The van der Waals surface area contributed by atoms with Crippen LogP contribution in [0.15, 0.2) is 16.7 Å². The Morgan fingerprint density at radius 1 is 1.65 bits per heavy atom. The van der Waals surface area contributed by atoms with E-state index in [0.29, 0.717) is 5.92 Å². The molecular weight excluding hydrogens is 280 g/mol. The van der Waals surface area contributed by atoms with Crippen molar-refractivity contribution in [1.82, 2.24) is 9.47 Å². The first kappa shape index (κ1) is 12.7. The maximum atomic E-state index is 12.3. The molecule has 1 fully saturated rings. The molecule has 1 aliphatic carbocycles. The number of aryl methyl sites for hydroxylation is 1. The summed E-state index contributed by atoms with van der Waals surface area (Å²) in [5.74, 6) is 1.61. The molecular formula is C13H19BrN2O. The smallest absolute Gasteiger partial charge is 0.270 e. The Morgan fingerprint density at radius 3 is 2.82 bits per heavy atom. The van der Waals surface area contributed by atoms with Crippen LogP contribution in [0.1, 0.15) is 30.8 Å². The van der Waals surface area contributed by atoms with Gasteiger partial charge in [0.25, 0.3) is 5.91 Å². The summed E-state index contributed by atoms with van der Waals surface area (Å²) in [6, 6.07) is 1.90. The number of amides is 1. The average Bonchev–Trinajstić information content (AvgIpc) is 2.84. The van der Waals surface area contributed by atoms with Crippen LogP contribution in [0.5, 0.6) is 0 Å². The van der Waals surface area contributed by atoms with E-state index in [9.17, 15) is 4.79 Å². The third-order valence-electron chi connectivity index (χ3n) is 3.55. The largest absolute Gasteiger partial charge is 0.343 e. The second kappa shape index (κ2) is 4.84. The third-order valence-corrected chi connectivity index (χ3v) is 3.99. The van der Waals surface area contributed by atoms with E-state index in [-0.39, 0.29) is 5.91 Å². The molecule has 0 spiro atoms. The summed E-state index contributed by atoms with van der Waals surface area (Å²) in [7, 11) is 1.90. The molecule has 1 aromatic rings. The quantitative estimate of drug-likeness (QED) is 0.839. The molecule has 0 N–H and O–H groups in total. The highest BCUT2D eigenvalue weighted by Crippen LogP contribution is 2.38. The number of hydrogen-bond acceptors (Lipinski definition) is 1. The van der Waals surface area contributed by atoms with Gasteiger partial charge in [0.15, 0.2) is 0 Å². The van der Waals surface area contributed by atoms with Crippen molar-refractivity contribution in [3.63, 3.8) is 0 Å². The molecule has 0 saturated heterocycles. The molecule has 0 aliphatic heterocycles. The number of nitrogens with zero attached hydrogens (tertiary/aromatic N) is 2. The van der Waals surface area contributed by atoms with E-state index in [0.717, 1.165) is 29.2 Å². The predicted octanol–water partition coefficient (Wildman–Crippen LogP) is 3.00. The molecule has 1 aromatic heterocycles. The van der Waals surface area contributed by atoms with E-state index in [4.69, 9.17) is 0 Å². The first-order valence-electron chi connectivity index (χ1n) is 6.14. The van der Waals surface area contributed by atoms with Gasteiger partial charge in [0, 0.05) is 30.8 Å². The molecule has 0 aromatic carbocycles. The normalized spacial score (nSPS) is 22.6. The molecule has 2 atom stereocenters. The number of carbonyl (C=O) groups excluding carboxylic acids is 1. The van der Waals surface area contributed by atoms with Gasteiger partial charge < -0.3 is 9.47 Å². The summed E-state index contributed by atoms with van der Waals surface area (Å²) in [5.41, 5.74) is 0.773. The van der Waals surface area contributed by atoms with Crippen molar-refractivity contribution in [1.29, 1.82) is 0 Å². The van der Waals surface area contributed by atoms with Crippen LogP contribution in [0.3, 0.4) is 0 Å². The summed E-state index contributed by atoms with van der Waals surface area (Å²) >= 11 is 3.42. The molecule has 1 amide bonds. The second-order valence-electron chi connectivity index (χ2n) is 4.99. The molecule has 3 nitrogen and oxygen atoms in total. The first-order chi connectivity index (χ1) is 8.02. The fraction of sp³-hybridized carbons (Fsp3) is 0.615. The molecule has 17 heavy (non-hydrogen) atoms. The number of aromatic nitrogens is 1. The van der Waals surface area contributed by atoms with Crippen molar-refractivity contribution in [2.24, 2.45) is 11.8 Å². The zero-order chi connectivity index (χ0) is 12.6. The van der Waals surface area contributed by atoms with E-state index in [2.05, 4.69) is 22.9 Å². The highest BCUT2D eigenvalue weighted by atomic mass is 79.9. The Balaban J connectivity index is 2.07. The number of hydrogen-bond donors (Lipinski definition) is 0.